The highest BCUT2D eigenvalue weighted by Crippen LogP contribution is 2.29. The van der Waals surface area contributed by atoms with Crippen LogP contribution < -0.4 is 9.47 Å². The molecule has 1 aliphatic rings. The van der Waals surface area contributed by atoms with Gasteiger partial charge in [0.05, 0.1) is 6.54 Å². The lowest BCUT2D eigenvalue weighted by Crippen LogP contribution is -2.29. The van der Waals surface area contributed by atoms with E-state index in [0.29, 0.717) is 42.1 Å². The number of alkyl halides is 2. The number of fused-ring (bicyclic) bond motifs is 1. The van der Waals surface area contributed by atoms with Crippen LogP contribution >= 0.6 is 0 Å². The molecule has 1 fully saturated rings. The third-order valence-electron chi connectivity index (χ3n) is 4.71. The Bertz CT molecular complexity index is 1060. The van der Waals surface area contributed by atoms with E-state index in [1.54, 1.807) is 6.07 Å². The molecule has 4 rings (SSSR count). The van der Waals surface area contributed by atoms with Crippen molar-refractivity contribution >= 4 is 17.3 Å². The molecular formula is C18H18F2N6O4. The van der Waals surface area contributed by atoms with Gasteiger partial charge in [0.2, 0.25) is 11.8 Å². The van der Waals surface area contributed by atoms with Crippen molar-refractivity contribution in [2.24, 2.45) is 0 Å². The zero-order chi connectivity index (χ0) is 21.3. The van der Waals surface area contributed by atoms with Crippen LogP contribution in [0.2, 0.25) is 0 Å². The molecule has 30 heavy (non-hydrogen) atoms. The lowest BCUT2D eigenvalue weighted by Gasteiger charge is -2.13. The normalized spacial score (nSPS) is 16.4. The highest BCUT2D eigenvalue weighted by Gasteiger charge is 2.29. The zero-order valence-electron chi connectivity index (χ0n) is 15.9. The Balaban J connectivity index is 1.65. The van der Waals surface area contributed by atoms with Crippen LogP contribution in [0.15, 0.2) is 24.7 Å². The number of aromatic nitrogens is 5. The average molecular weight is 420 g/mol. The van der Waals surface area contributed by atoms with Crippen LogP contribution in [0.25, 0.3) is 22.6 Å². The van der Waals surface area contributed by atoms with Crippen LogP contribution in [0.1, 0.15) is 13.3 Å². The van der Waals surface area contributed by atoms with Crippen LogP contribution in [-0.2, 0) is 6.54 Å². The summed E-state index contributed by atoms with van der Waals surface area (Å²) in [4.78, 5) is 29.3. The van der Waals surface area contributed by atoms with E-state index in [1.807, 2.05) is 11.5 Å². The standard InChI is InChI=1S/C18H18F2N6O4/c1-2-26-14(10-3-4-12(21-7-10)30-17(19)20)24-13-15(26)22-9-23-16(13)29-11-5-6-25(8-11)18(27)28/h3-4,7,9,11,17H,2,5-6,8H2,1H3,(H,27,28). The Morgan fingerprint density at radius 2 is 2.17 bits per heavy atom. The Kier molecular flexibility index (Phi) is 5.29. The molecule has 1 unspecified atom stereocenters. The van der Waals surface area contributed by atoms with Gasteiger partial charge in [0.15, 0.2) is 11.2 Å². The first-order valence-electron chi connectivity index (χ1n) is 9.23. The second-order valence-corrected chi connectivity index (χ2v) is 6.55. The summed E-state index contributed by atoms with van der Waals surface area (Å²) in [5.74, 6) is 0.588. The number of carbonyl (C=O) groups is 1. The molecule has 4 heterocycles. The van der Waals surface area contributed by atoms with Crippen molar-refractivity contribution in [3.8, 4) is 23.1 Å². The average Bonchev–Trinajstić information content (AvgIpc) is 3.33. The number of amides is 1. The van der Waals surface area contributed by atoms with Crippen LogP contribution in [-0.4, -0.2) is 66.4 Å². The molecular weight excluding hydrogens is 402 g/mol. The van der Waals surface area contributed by atoms with E-state index in [-0.39, 0.29) is 24.4 Å². The number of pyridine rings is 1. The summed E-state index contributed by atoms with van der Waals surface area (Å²) in [5.41, 5.74) is 1.55. The molecule has 1 aliphatic heterocycles. The Labute approximate surface area is 169 Å². The minimum atomic E-state index is -2.95. The van der Waals surface area contributed by atoms with Gasteiger partial charge in [0.1, 0.15) is 18.3 Å². The van der Waals surface area contributed by atoms with Crippen molar-refractivity contribution in [2.75, 3.05) is 13.1 Å². The fourth-order valence-electron chi connectivity index (χ4n) is 3.35. The molecule has 1 N–H and O–H groups in total. The molecule has 0 spiro atoms. The van der Waals surface area contributed by atoms with Gasteiger partial charge in [-0.2, -0.15) is 13.8 Å². The number of hydrogen-bond acceptors (Lipinski definition) is 7. The first kappa shape index (κ1) is 19.7. The van der Waals surface area contributed by atoms with Gasteiger partial charge in [-0.15, -0.1) is 0 Å². The van der Waals surface area contributed by atoms with Crippen molar-refractivity contribution in [1.82, 2.24) is 29.4 Å². The number of ether oxygens (including phenoxy) is 2. The van der Waals surface area contributed by atoms with Gasteiger partial charge in [-0.1, -0.05) is 0 Å². The predicted molar refractivity (Wildman–Crippen MR) is 99.5 cm³/mol. The summed E-state index contributed by atoms with van der Waals surface area (Å²) in [7, 11) is 0. The molecule has 10 nitrogen and oxygen atoms in total. The van der Waals surface area contributed by atoms with Crippen LogP contribution in [0.5, 0.6) is 11.8 Å². The fraction of sp³-hybridized carbons (Fsp3) is 0.389. The molecule has 3 aromatic rings. The number of nitrogens with zero attached hydrogens (tertiary/aromatic N) is 6. The number of hydrogen-bond donors (Lipinski definition) is 1. The number of rotatable bonds is 6. The molecule has 0 bridgehead atoms. The number of likely N-dealkylation sites (tertiary alicyclic amines) is 1. The lowest BCUT2D eigenvalue weighted by atomic mass is 10.2. The molecule has 12 heteroatoms. The number of carboxylic acid groups (broad SMARTS) is 1. The zero-order valence-corrected chi connectivity index (χ0v) is 15.9. The maximum absolute atomic E-state index is 12.3. The molecule has 0 aromatic carbocycles. The van der Waals surface area contributed by atoms with Crippen LogP contribution in [0.4, 0.5) is 13.6 Å². The number of aryl methyl sites for hydroxylation is 1. The highest BCUT2D eigenvalue weighted by atomic mass is 19.3. The maximum Gasteiger partial charge on any atom is 0.407 e. The predicted octanol–water partition coefficient (Wildman–Crippen LogP) is 2.64. The molecule has 1 amide bonds. The molecule has 1 saturated heterocycles. The van der Waals surface area contributed by atoms with Crippen molar-refractivity contribution in [1.29, 1.82) is 0 Å². The van der Waals surface area contributed by atoms with E-state index in [0.717, 1.165) is 0 Å². The quantitative estimate of drug-likeness (QED) is 0.647. The molecule has 0 radical (unpaired) electrons. The first-order valence-corrected chi connectivity index (χ1v) is 9.23. The Hall–Kier alpha value is -3.57. The number of imidazole rings is 1. The van der Waals surface area contributed by atoms with Crippen molar-refractivity contribution < 1.29 is 28.2 Å². The van der Waals surface area contributed by atoms with E-state index in [2.05, 4.69) is 24.7 Å². The van der Waals surface area contributed by atoms with E-state index < -0.39 is 12.7 Å². The van der Waals surface area contributed by atoms with Crippen molar-refractivity contribution in [2.45, 2.75) is 32.6 Å². The van der Waals surface area contributed by atoms with Gasteiger partial charge in [-0.05, 0) is 13.0 Å². The maximum atomic E-state index is 12.3. The summed E-state index contributed by atoms with van der Waals surface area (Å²) in [6.07, 6.45) is 1.98. The third-order valence-corrected chi connectivity index (χ3v) is 4.71. The molecule has 0 aliphatic carbocycles. The van der Waals surface area contributed by atoms with Crippen molar-refractivity contribution in [3.63, 3.8) is 0 Å². The van der Waals surface area contributed by atoms with Crippen LogP contribution in [0.3, 0.4) is 0 Å². The van der Waals surface area contributed by atoms with E-state index in [1.165, 1.54) is 23.5 Å². The number of halogens is 2. The monoisotopic (exact) mass is 420 g/mol. The Morgan fingerprint density at radius 1 is 1.33 bits per heavy atom. The minimum Gasteiger partial charge on any atom is -0.471 e. The summed E-state index contributed by atoms with van der Waals surface area (Å²) in [6, 6.07) is 2.91. The SMILES string of the molecule is CCn1c(-c2ccc(OC(F)F)nc2)nc2c(OC3CCN(C(=O)O)C3)ncnc21. The Morgan fingerprint density at radius 3 is 2.80 bits per heavy atom. The topological polar surface area (TPSA) is 115 Å². The smallest absolute Gasteiger partial charge is 0.407 e. The summed E-state index contributed by atoms with van der Waals surface area (Å²) < 4.78 is 36.7. The first-order chi connectivity index (χ1) is 14.5. The van der Waals surface area contributed by atoms with Gasteiger partial charge in [-0.3, -0.25) is 0 Å². The molecule has 158 valence electrons. The minimum absolute atomic E-state index is 0.194. The second kappa shape index (κ2) is 8.05. The van der Waals surface area contributed by atoms with Crippen molar-refractivity contribution in [3.05, 3.63) is 24.7 Å². The van der Waals surface area contributed by atoms with E-state index >= 15 is 0 Å². The van der Waals surface area contributed by atoms with E-state index in [4.69, 9.17) is 9.84 Å². The van der Waals surface area contributed by atoms with Gasteiger partial charge >= 0.3 is 12.7 Å². The fourth-order valence-corrected chi connectivity index (χ4v) is 3.35. The van der Waals surface area contributed by atoms with Gasteiger partial charge in [0.25, 0.3) is 0 Å². The van der Waals surface area contributed by atoms with Gasteiger partial charge < -0.3 is 24.0 Å². The van der Waals surface area contributed by atoms with E-state index in [9.17, 15) is 13.6 Å². The second-order valence-electron chi connectivity index (χ2n) is 6.55. The highest BCUT2D eigenvalue weighted by molar-refractivity contribution is 5.81. The van der Waals surface area contributed by atoms with Crippen LogP contribution in [0, 0.1) is 0 Å². The third kappa shape index (κ3) is 3.80. The molecule has 0 saturated carbocycles. The molecule has 3 aromatic heterocycles. The molecule has 1 atom stereocenters. The largest absolute Gasteiger partial charge is 0.471 e. The lowest BCUT2D eigenvalue weighted by molar-refractivity contribution is -0.0528. The van der Waals surface area contributed by atoms with Gasteiger partial charge in [0, 0.05) is 37.3 Å². The van der Waals surface area contributed by atoms with Gasteiger partial charge in [-0.25, -0.2) is 19.7 Å². The summed E-state index contributed by atoms with van der Waals surface area (Å²) in [6.45, 7) is 0.134. The summed E-state index contributed by atoms with van der Waals surface area (Å²) >= 11 is 0. The summed E-state index contributed by atoms with van der Waals surface area (Å²) in [5, 5.41) is 9.11.